The maximum Gasteiger partial charge on any atom is 0.243 e. The highest BCUT2D eigenvalue weighted by atomic mass is 32.2. The Bertz CT molecular complexity index is 967. The number of benzene rings is 3. The molecule has 0 saturated carbocycles. The van der Waals surface area contributed by atoms with Crippen LogP contribution in [0.15, 0.2) is 95.9 Å². The smallest absolute Gasteiger partial charge is 0.207 e. The molecular weight excluding hydrogens is 354 g/mol. The van der Waals surface area contributed by atoms with Crippen molar-refractivity contribution < 1.29 is 8.42 Å². The van der Waals surface area contributed by atoms with Gasteiger partial charge in [0.2, 0.25) is 10.0 Å². The maximum atomic E-state index is 12.8. The van der Waals surface area contributed by atoms with Gasteiger partial charge in [0.25, 0.3) is 0 Å². The Morgan fingerprint density at radius 3 is 1.78 bits per heavy atom. The molecule has 27 heavy (non-hydrogen) atoms. The van der Waals surface area contributed by atoms with Crippen molar-refractivity contribution >= 4 is 15.6 Å². The van der Waals surface area contributed by atoms with Crippen molar-refractivity contribution in [2.75, 3.05) is 13.6 Å². The molecule has 138 valence electrons. The van der Waals surface area contributed by atoms with E-state index >= 15 is 0 Å². The van der Waals surface area contributed by atoms with Crippen LogP contribution in [0, 0.1) is 6.92 Å². The van der Waals surface area contributed by atoms with Crippen molar-refractivity contribution in [1.82, 2.24) is 4.31 Å². The summed E-state index contributed by atoms with van der Waals surface area (Å²) in [5.41, 5.74) is 4.17. The lowest BCUT2D eigenvalue weighted by Gasteiger charge is -2.17. The van der Waals surface area contributed by atoms with Crippen LogP contribution in [0.5, 0.6) is 0 Å². The summed E-state index contributed by atoms with van der Waals surface area (Å²) in [5.74, 6) is 0. The van der Waals surface area contributed by atoms with Crippen LogP contribution < -0.4 is 0 Å². The molecule has 0 aliphatic heterocycles. The van der Waals surface area contributed by atoms with Crippen LogP contribution in [0.3, 0.4) is 0 Å². The number of aryl methyl sites for hydroxylation is 1. The molecule has 0 saturated heterocycles. The molecule has 4 heteroatoms. The van der Waals surface area contributed by atoms with E-state index in [1.807, 2.05) is 85.8 Å². The fourth-order valence-electron chi connectivity index (χ4n) is 2.85. The van der Waals surface area contributed by atoms with E-state index in [2.05, 4.69) is 0 Å². The van der Waals surface area contributed by atoms with Gasteiger partial charge in [-0.15, -0.1) is 0 Å². The van der Waals surface area contributed by atoms with Gasteiger partial charge in [0, 0.05) is 13.6 Å². The Morgan fingerprint density at radius 1 is 0.815 bits per heavy atom. The van der Waals surface area contributed by atoms with Gasteiger partial charge in [0.1, 0.15) is 0 Å². The SMILES string of the molecule is Cc1ccc(S(=O)(=O)N(C)CC=C(c2ccccc2)c2ccccc2)cc1. The largest absolute Gasteiger partial charge is 0.243 e. The Labute approximate surface area is 161 Å². The van der Waals surface area contributed by atoms with Gasteiger partial charge in [-0.1, -0.05) is 84.4 Å². The number of nitrogens with zero attached hydrogens (tertiary/aromatic N) is 1. The molecule has 3 aromatic rings. The first-order chi connectivity index (χ1) is 13.0. The standard InChI is InChI=1S/C23H23NO2S/c1-19-13-15-22(16-14-19)27(25,26)24(2)18-17-23(20-9-5-3-6-10-20)21-11-7-4-8-12-21/h3-17H,18H2,1-2H3. The van der Waals surface area contributed by atoms with Gasteiger partial charge < -0.3 is 0 Å². The van der Waals surface area contributed by atoms with Crippen LogP contribution >= 0.6 is 0 Å². The second-order valence-electron chi connectivity index (χ2n) is 6.45. The van der Waals surface area contributed by atoms with Crippen LogP contribution in [-0.2, 0) is 10.0 Å². The Morgan fingerprint density at radius 2 is 1.30 bits per heavy atom. The van der Waals surface area contributed by atoms with Crippen LogP contribution in [0.25, 0.3) is 5.57 Å². The highest BCUT2D eigenvalue weighted by molar-refractivity contribution is 7.89. The lowest BCUT2D eigenvalue weighted by Crippen LogP contribution is -2.27. The van der Waals surface area contributed by atoms with Crippen molar-refractivity contribution in [3.8, 4) is 0 Å². The Hall–Kier alpha value is -2.69. The fourth-order valence-corrected chi connectivity index (χ4v) is 3.96. The molecule has 0 heterocycles. The van der Waals surface area contributed by atoms with Gasteiger partial charge in [0.05, 0.1) is 4.90 Å². The summed E-state index contributed by atoms with van der Waals surface area (Å²) in [4.78, 5) is 0.310. The first-order valence-electron chi connectivity index (χ1n) is 8.82. The summed E-state index contributed by atoms with van der Waals surface area (Å²) in [6, 6.07) is 27.0. The highest BCUT2D eigenvalue weighted by Crippen LogP contribution is 2.24. The molecule has 0 aliphatic carbocycles. The zero-order valence-corrected chi connectivity index (χ0v) is 16.4. The number of likely N-dealkylation sites (N-methyl/N-ethyl adjacent to an activating group) is 1. The normalized spacial score (nSPS) is 11.4. The van der Waals surface area contributed by atoms with E-state index in [1.54, 1.807) is 19.2 Å². The fraction of sp³-hybridized carbons (Fsp3) is 0.130. The predicted molar refractivity (Wildman–Crippen MR) is 111 cm³/mol. The van der Waals surface area contributed by atoms with E-state index in [9.17, 15) is 8.42 Å². The monoisotopic (exact) mass is 377 g/mol. The summed E-state index contributed by atoms with van der Waals surface area (Å²) in [5, 5.41) is 0. The molecule has 0 amide bonds. The minimum Gasteiger partial charge on any atom is -0.207 e. The summed E-state index contributed by atoms with van der Waals surface area (Å²) in [6.45, 7) is 2.23. The van der Waals surface area contributed by atoms with Crippen LogP contribution in [0.4, 0.5) is 0 Å². The zero-order valence-electron chi connectivity index (χ0n) is 15.5. The van der Waals surface area contributed by atoms with Crippen molar-refractivity contribution in [3.63, 3.8) is 0 Å². The Kier molecular flexibility index (Phi) is 5.89. The molecule has 0 fully saturated rings. The molecule has 0 radical (unpaired) electrons. The van der Waals surface area contributed by atoms with Gasteiger partial charge in [-0.3, -0.25) is 0 Å². The van der Waals surface area contributed by atoms with E-state index in [0.29, 0.717) is 4.90 Å². The summed E-state index contributed by atoms with van der Waals surface area (Å²) in [6.07, 6.45) is 1.97. The molecule has 0 spiro atoms. The van der Waals surface area contributed by atoms with Gasteiger partial charge in [0.15, 0.2) is 0 Å². The summed E-state index contributed by atoms with van der Waals surface area (Å²) in [7, 11) is -1.92. The van der Waals surface area contributed by atoms with Crippen molar-refractivity contribution in [3.05, 3.63) is 108 Å². The average molecular weight is 378 g/mol. The third-order valence-electron chi connectivity index (χ3n) is 4.45. The lowest BCUT2D eigenvalue weighted by atomic mass is 9.98. The minimum absolute atomic E-state index is 0.287. The predicted octanol–water partition coefficient (Wildman–Crippen LogP) is 4.75. The lowest BCUT2D eigenvalue weighted by molar-refractivity contribution is 0.499. The highest BCUT2D eigenvalue weighted by Gasteiger charge is 2.19. The zero-order chi connectivity index (χ0) is 19.3. The van der Waals surface area contributed by atoms with E-state index in [-0.39, 0.29) is 6.54 Å². The van der Waals surface area contributed by atoms with Crippen LogP contribution in [0.1, 0.15) is 16.7 Å². The van der Waals surface area contributed by atoms with Crippen molar-refractivity contribution in [2.24, 2.45) is 0 Å². The second-order valence-corrected chi connectivity index (χ2v) is 8.49. The van der Waals surface area contributed by atoms with Gasteiger partial charge >= 0.3 is 0 Å². The topological polar surface area (TPSA) is 37.4 Å². The number of hydrogen-bond acceptors (Lipinski definition) is 2. The van der Waals surface area contributed by atoms with Crippen molar-refractivity contribution in [1.29, 1.82) is 0 Å². The summed E-state index contributed by atoms with van der Waals surface area (Å²) < 4.78 is 27.0. The number of sulfonamides is 1. The minimum atomic E-state index is -3.53. The van der Waals surface area contributed by atoms with E-state index in [1.165, 1.54) is 4.31 Å². The molecule has 0 atom stereocenters. The molecule has 0 N–H and O–H groups in total. The molecule has 0 aromatic heterocycles. The number of rotatable bonds is 6. The van der Waals surface area contributed by atoms with Gasteiger partial charge in [-0.25, -0.2) is 8.42 Å². The quantitative estimate of drug-likeness (QED) is 0.622. The molecule has 3 nitrogen and oxygen atoms in total. The molecule has 0 bridgehead atoms. The van der Waals surface area contributed by atoms with Gasteiger partial charge in [-0.2, -0.15) is 4.31 Å². The van der Waals surface area contributed by atoms with Crippen LogP contribution in [-0.4, -0.2) is 26.3 Å². The maximum absolute atomic E-state index is 12.8. The molecule has 3 aromatic carbocycles. The average Bonchev–Trinajstić information content (AvgIpc) is 2.70. The van der Waals surface area contributed by atoms with E-state index < -0.39 is 10.0 Å². The first kappa shape index (κ1) is 19.1. The summed E-state index contributed by atoms with van der Waals surface area (Å²) >= 11 is 0. The molecule has 0 unspecified atom stereocenters. The van der Waals surface area contributed by atoms with E-state index in [4.69, 9.17) is 0 Å². The van der Waals surface area contributed by atoms with E-state index in [0.717, 1.165) is 22.3 Å². The molecule has 0 aliphatic rings. The third kappa shape index (κ3) is 4.54. The van der Waals surface area contributed by atoms with Crippen LogP contribution in [0.2, 0.25) is 0 Å². The molecule has 3 rings (SSSR count). The van der Waals surface area contributed by atoms with Gasteiger partial charge in [-0.05, 0) is 35.8 Å². The number of hydrogen-bond donors (Lipinski definition) is 0. The third-order valence-corrected chi connectivity index (χ3v) is 6.29. The Balaban J connectivity index is 1.91. The first-order valence-corrected chi connectivity index (χ1v) is 10.3. The second kappa shape index (κ2) is 8.33. The van der Waals surface area contributed by atoms with Crippen molar-refractivity contribution in [2.45, 2.75) is 11.8 Å². The molecular formula is C23H23NO2S.